The van der Waals surface area contributed by atoms with Crippen molar-refractivity contribution in [1.29, 1.82) is 0 Å². The first-order valence-corrected chi connectivity index (χ1v) is 7.17. The fourth-order valence-corrected chi connectivity index (χ4v) is 2.19. The highest BCUT2D eigenvalue weighted by Gasteiger charge is 2.04. The van der Waals surface area contributed by atoms with E-state index in [1.54, 1.807) is 13.2 Å². The van der Waals surface area contributed by atoms with Crippen LogP contribution in [0.5, 0.6) is 0 Å². The summed E-state index contributed by atoms with van der Waals surface area (Å²) in [7, 11) is 1.74. The molecule has 2 N–H and O–H groups in total. The zero-order chi connectivity index (χ0) is 15.2. The Kier molecular flexibility index (Phi) is 4.34. The van der Waals surface area contributed by atoms with Gasteiger partial charge in [0.1, 0.15) is 11.3 Å². The van der Waals surface area contributed by atoms with Crippen LogP contribution in [0.15, 0.2) is 64.1 Å². The topological polar surface area (TPSA) is 62.5 Å². The van der Waals surface area contributed by atoms with Crippen LogP contribution in [0.4, 0.5) is 0 Å². The van der Waals surface area contributed by atoms with Crippen LogP contribution in [0.25, 0.3) is 11.0 Å². The van der Waals surface area contributed by atoms with E-state index >= 15 is 0 Å². The lowest BCUT2D eigenvalue weighted by molar-refractivity contribution is 0.538. The van der Waals surface area contributed by atoms with Gasteiger partial charge >= 0.3 is 0 Å². The van der Waals surface area contributed by atoms with Gasteiger partial charge in [-0.2, -0.15) is 0 Å². The number of rotatable bonds is 4. The van der Waals surface area contributed by atoms with Crippen molar-refractivity contribution in [3.05, 3.63) is 66.2 Å². The molecular weight excluding hydrogens is 276 g/mol. The van der Waals surface area contributed by atoms with Crippen molar-refractivity contribution in [1.82, 2.24) is 15.6 Å². The molecule has 0 aliphatic carbocycles. The quantitative estimate of drug-likeness (QED) is 0.573. The zero-order valence-corrected chi connectivity index (χ0v) is 12.4. The summed E-state index contributed by atoms with van der Waals surface area (Å²) in [4.78, 5) is 8.47. The van der Waals surface area contributed by atoms with Gasteiger partial charge < -0.3 is 15.1 Å². The van der Waals surface area contributed by atoms with Crippen LogP contribution in [0.2, 0.25) is 0 Å². The first kappa shape index (κ1) is 14.1. The molecule has 0 spiro atoms. The van der Waals surface area contributed by atoms with Gasteiger partial charge in [-0.05, 0) is 24.3 Å². The molecule has 0 aliphatic heterocycles. The predicted molar refractivity (Wildman–Crippen MR) is 87.5 cm³/mol. The van der Waals surface area contributed by atoms with Gasteiger partial charge in [-0.25, -0.2) is 0 Å². The van der Waals surface area contributed by atoms with E-state index in [9.17, 15) is 0 Å². The van der Waals surface area contributed by atoms with Gasteiger partial charge in [0, 0.05) is 18.6 Å². The van der Waals surface area contributed by atoms with Crippen molar-refractivity contribution in [3.63, 3.8) is 0 Å². The van der Waals surface area contributed by atoms with Crippen LogP contribution in [0, 0.1) is 0 Å². The van der Waals surface area contributed by atoms with Crippen LogP contribution >= 0.6 is 0 Å². The van der Waals surface area contributed by atoms with Gasteiger partial charge in [-0.15, -0.1) is 0 Å². The maximum absolute atomic E-state index is 5.77. The third kappa shape index (κ3) is 3.44. The normalized spacial score (nSPS) is 11.6. The molecule has 0 saturated heterocycles. The SMILES string of the molecule is CN=C(NCc1ccccn1)NCc1cc2ccccc2o1. The molecule has 0 fully saturated rings. The van der Waals surface area contributed by atoms with Crippen molar-refractivity contribution < 1.29 is 4.42 Å². The number of fused-ring (bicyclic) bond motifs is 1. The van der Waals surface area contributed by atoms with E-state index in [0.717, 1.165) is 22.4 Å². The summed E-state index contributed by atoms with van der Waals surface area (Å²) in [6, 6.07) is 15.9. The van der Waals surface area contributed by atoms with Gasteiger partial charge in [0.25, 0.3) is 0 Å². The monoisotopic (exact) mass is 294 g/mol. The molecule has 0 atom stereocenters. The Bertz CT molecular complexity index is 731. The lowest BCUT2D eigenvalue weighted by Gasteiger charge is -2.10. The number of nitrogens with zero attached hydrogens (tertiary/aromatic N) is 2. The highest BCUT2D eigenvalue weighted by atomic mass is 16.3. The third-order valence-corrected chi connectivity index (χ3v) is 3.29. The summed E-state index contributed by atoms with van der Waals surface area (Å²) >= 11 is 0. The van der Waals surface area contributed by atoms with Crippen molar-refractivity contribution >= 4 is 16.9 Å². The van der Waals surface area contributed by atoms with Crippen LogP contribution < -0.4 is 10.6 Å². The minimum absolute atomic E-state index is 0.580. The van der Waals surface area contributed by atoms with E-state index < -0.39 is 0 Å². The Hall–Kier alpha value is -2.82. The maximum atomic E-state index is 5.77. The van der Waals surface area contributed by atoms with E-state index in [2.05, 4.69) is 20.6 Å². The molecule has 0 aliphatic rings. The first-order chi connectivity index (χ1) is 10.8. The van der Waals surface area contributed by atoms with Crippen LogP contribution in [-0.2, 0) is 13.1 Å². The molecule has 112 valence electrons. The second-order valence-corrected chi connectivity index (χ2v) is 4.85. The standard InChI is InChI=1S/C17H18N4O/c1-18-17(20-11-14-7-4-5-9-19-14)21-12-15-10-13-6-2-3-8-16(13)22-15/h2-10H,11-12H2,1H3,(H2,18,20,21). The number of para-hydroxylation sites is 1. The van der Waals surface area contributed by atoms with Crippen LogP contribution in [-0.4, -0.2) is 18.0 Å². The molecule has 1 aromatic carbocycles. The second-order valence-electron chi connectivity index (χ2n) is 4.85. The largest absolute Gasteiger partial charge is 0.459 e. The molecule has 2 aromatic heterocycles. The molecule has 3 rings (SSSR count). The maximum Gasteiger partial charge on any atom is 0.191 e. The average Bonchev–Trinajstić information content (AvgIpc) is 2.99. The summed E-state index contributed by atoms with van der Waals surface area (Å²) in [5.74, 6) is 1.59. The van der Waals surface area contributed by atoms with Gasteiger partial charge in [0.2, 0.25) is 0 Å². The van der Waals surface area contributed by atoms with Crippen LogP contribution in [0.3, 0.4) is 0 Å². The average molecular weight is 294 g/mol. The summed E-state index contributed by atoms with van der Waals surface area (Å²) in [5, 5.41) is 7.57. The molecule has 22 heavy (non-hydrogen) atoms. The number of aliphatic imine (C=N–C) groups is 1. The molecule has 0 amide bonds. The molecule has 2 heterocycles. The number of guanidine groups is 1. The van der Waals surface area contributed by atoms with E-state index in [0.29, 0.717) is 19.0 Å². The molecule has 0 bridgehead atoms. The molecule has 3 aromatic rings. The first-order valence-electron chi connectivity index (χ1n) is 7.17. The lowest BCUT2D eigenvalue weighted by Crippen LogP contribution is -2.36. The molecule has 0 saturated carbocycles. The Labute approximate surface area is 129 Å². The smallest absolute Gasteiger partial charge is 0.191 e. The molecule has 0 unspecified atom stereocenters. The Morgan fingerprint density at radius 3 is 2.68 bits per heavy atom. The van der Waals surface area contributed by atoms with Crippen molar-refractivity contribution in [2.24, 2.45) is 4.99 Å². The highest BCUT2D eigenvalue weighted by molar-refractivity contribution is 5.80. The molecule has 0 radical (unpaired) electrons. The lowest BCUT2D eigenvalue weighted by atomic mass is 10.2. The fourth-order valence-electron chi connectivity index (χ4n) is 2.19. The summed E-state index contributed by atoms with van der Waals surface area (Å²) in [6.07, 6.45) is 1.78. The van der Waals surface area contributed by atoms with Gasteiger partial charge in [-0.1, -0.05) is 24.3 Å². The molecular formula is C17H18N4O. The molecule has 5 nitrogen and oxygen atoms in total. The van der Waals surface area contributed by atoms with E-state index in [4.69, 9.17) is 4.42 Å². The zero-order valence-electron chi connectivity index (χ0n) is 12.4. The van der Waals surface area contributed by atoms with Gasteiger partial charge in [-0.3, -0.25) is 9.98 Å². The Morgan fingerprint density at radius 2 is 1.91 bits per heavy atom. The number of furan rings is 1. The minimum Gasteiger partial charge on any atom is -0.459 e. The number of benzene rings is 1. The van der Waals surface area contributed by atoms with Crippen molar-refractivity contribution in [2.45, 2.75) is 13.1 Å². The highest BCUT2D eigenvalue weighted by Crippen LogP contribution is 2.18. The van der Waals surface area contributed by atoms with Gasteiger partial charge in [0.05, 0.1) is 18.8 Å². The Morgan fingerprint density at radius 1 is 1.09 bits per heavy atom. The number of pyridine rings is 1. The number of nitrogens with one attached hydrogen (secondary N) is 2. The second kappa shape index (κ2) is 6.76. The van der Waals surface area contributed by atoms with E-state index in [-0.39, 0.29) is 0 Å². The summed E-state index contributed by atoms with van der Waals surface area (Å²) in [6.45, 7) is 1.21. The predicted octanol–water partition coefficient (Wildman–Crippen LogP) is 2.69. The summed E-state index contributed by atoms with van der Waals surface area (Å²) < 4.78 is 5.77. The van der Waals surface area contributed by atoms with Gasteiger partial charge in [0.15, 0.2) is 5.96 Å². The van der Waals surface area contributed by atoms with E-state index in [1.807, 2.05) is 48.5 Å². The summed E-state index contributed by atoms with van der Waals surface area (Å²) in [5.41, 5.74) is 1.87. The number of hydrogen-bond acceptors (Lipinski definition) is 3. The van der Waals surface area contributed by atoms with Crippen molar-refractivity contribution in [2.75, 3.05) is 7.05 Å². The number of aromatic nitrogens is 1. The number of hydrogen-bond donors (Lipinski definition) is 2. The minimum atomic E-state index is 0.580. The Balaban J connectivity index is 1.56. The fraction of sp³-hybridized carbons (Fsp3) is 0.176. The molecule has 5 heteroatoms. The van der Waals surface area contributed by atoms with Crippen molar-refractivity contribution in [3.8, 4) is 0 Å². The van der Waals surface area contributed by atoms with E-state index in [1.165, 1.54) is 0 Å². The third-order valence-electron chi connectivity index (χ3n) is 3.29. The van der Waals surface area contributed by atoms with Crippen LogP contribution in [0.1, 0.15) is 11.5 Å².